The topological polar surface area (TPSA) is 69.4 Å². The highest BCUT2D eigenvalue weighted by atomic mass is 16.5. The maximum Gasteiger partial charge on any atom is 0.354 e. The van der Waals surface area contributed by atoms with E-state index in [0.29, 0.717) is 18.4 Å². The van der Waals surface area contributed by atoms with E-state index in [1.807, 2.05) is 0 Å². The lowest BCUT2D eigenvalue weighted by Crippen LogP contribution is -2.20. The zero-order valence-electron chi connectivity index (χ0n) is 8.92. The molecule has 14 heavy (non-hydrogen) atoms. The van der Waals surface area contributed by atoms with Crippen molar-refractivity contribution >= 4 is 11.8 Å². The van der Waals surface area contributed by atoms with Gasteiger partial charge in [0.1, 0.15) is 5.70 Å². The van der Waals surface area contributed by atoms with Gasteiger partial charge in [-0.05, 0) is 13.3 Å². The lowest BCUT2D eigenvalue weighted by Gasteiger charge is -2.07. The Kier molecular flexibility index (Phi) is 5.60. The van der Waals surface area contributed by atoms with Crippen LogP contribution >= 0.6 is 0 Å². The Hall–Kier alpha value is -1.32. The Morgan fingerprint density at radius 3 is 2.07 bits per heavy atom. The van der Waals surface area contributed by atoms with E-state index in [9.17, 15) is 9.59 Å². The molecule has 0 aliphatic rings. The lowest BCUT2D eigenvalue weighted by atomic mass is 10.0. The molecule has 80 valence electrons. The predicted octanol–water partition coefficient (Wildman–Crippen LogP) is 1.15. The number of hydrogen-bond donors (Lipinski definition) is 1. The number of carbonyl (C=O) groups excluding carboxylic acids is 2. The summed E-state index contributed by atoms with van der Waals surface area (Å²) in [5.74, 6) is -0.704. The molecule has 0 spiro atoms. The highest BCUT2D eigenvalue weighted by Crippen LogP contribution is 2.09. The molecule has 0 heterocycles. The average Bonchev–Trinajstić information content (AvgIpc) is 2.18. The van der Waals surface area contributed by atoms with Gasteiger partial charge in [0, 0.05) is 12.0 Å². The van der Waals surface area contributed by atoms with Crippen molar-refractivity contribution in [2.45, 2.75) is 33.6 Å². The number of hydrogen-bond acceptors (Lipinski definition) is 4. The highest BCUT2D eigenvalue weighted by molar-refractivity contribution is 6.03. The van der Waals surface area contributed by atoms with Crippen molar-refractivity contribution in [1.29, 1.82) is 0 Å². The highest BCUT2D eigenvalue weighted by Gasteiger charge is 2.16. The van der Waals surface area contributed by atoms with Crippen molar-refractivity contribution in [2.24, 2.45) is 5.73 Å². The van der Waals surface area contributed by atoms with E-state index in [1.54, 1.807) is 20.8 Å². The second kappa shape index (κ2) is 6.18. The molecule has 2 N–H and O–H groups in total. The van der Waals surface area contributed by atoms with Crippen LogP contribution in [-0.4, -0.2) is 18.4 Å². The minimum atomic E-state index is -0.605. The van der Waals surface area contributed by atoms with Crippen LogP contribution in [0.2, 0.25) is 0 Å². The zero-order valence-corrected chi connectivity index (χ0v) is 8.92. The van der Waals surface area contributed by atoms with E-state index in [4.69, 9.17) is 10.5 Å². The number of rotatable bonds is 5. The second-order valence-electron chi connectivity index (χ2n) is 2.74. The Labute approximate surface area is 84.1 Å². The lowest BCUT2D eigenvalue weighted by molar-refractivity contribution is -0.139. The maximum atomic E-state index is 11.3. The summed E-state index contributed by atoms with van der Waals surface area (Å²) >= 11 is 0. The first-order chi connectivity index (χ1) is 6.58. The normalized spacial score (nSPS) is 11.9. The molecule has 0 amide bonds. The van der Waals surface area contributed by atoms with Crippen LogP contribution in [0.4, 0.5) is 0 Å². The van der Waals surface area contributed by atoms with Crippen LogP contribution in [0.25, 0.3) is 0 Å². The van der Waals surface area contributed by atoms with Crippen LogP contribution < -0.4 is 5.73 Å². The van der Waals surface area contributed by atoms with Gasteiger partial charge in [-0.15, -0.1) is 0 Å². The van der Waals surface area contributed by atoms with Crippen molar-refractivity contribution in [3.63, 3.8) is 0 Å². The SMILES string of the molecule is CCOC(=O)C(N)=C(CC)C(=O)CC. The van der Waals surface area contributed by atoms with Crippen LogP contribution in [0, 0.1) is 0 Å². The zero-order chi connectivity index (χ0) is 11.1. The summed E-state index contributed by atoms with van der Waals surface area (Å²) in [4.78, 5) is 22.6. The third-order valence-electron chi connectivity index (χ3n) is 1.83. The van der Waals surface area contributed by atoms with Crippen LogP contribution in [0.5, 0.6) is 0 Å². The summed E-state index contributed by atoms with van der Waals surface area (Å²) in [5, 5.41) is 0. The largest absolute Gasteiger partial charge is 0.461 e. The van der Waals surface area contributed by atoms with Crippen molar-refractivity contribution in [3.05, 3.63) is 11.3 Å². The Morgan fingerprint density at radius 1 is 1.14 bits per heavy atom. The molecule has 0 aromatic rings. The molecule has 0 aliphatic heterocycles. The first kappa shape index (κ1) is 12.7. The molecular weight excluding hydrogens is 182 g/mol. The number of ketones is 1. The summed E-state index contributed by atoms with van der Waals surface area (Å²) in [7, 11) is 0. The summed E-state index contributed by atoms with van der Waals surface area (Å²) in [5.41, 5.74) is 5.83. The molecule has 0 aliphatic carbocycles. The molecule has 0 atom stereocenters. The summed E-state index contributed by atoms with van der Waals surface area (Å²) in [6.45, 7) is 5.47. The number of Topliss-reactive ketones (excluding diaryl/α,β-unsaturated/α-hetero) is 1. The number of esters is 1. The molecule has 0 fully saturated rings. The molecule has 4 heteroatoms. The first-order valence-electron chi connectivity index (χ1n) is 4.77. The van der Waals surface area contributed by atoms with E-state index in [1.165, 1.54) is 0 Å². The van der Waals surface area contributed by atoms with Crippen LogP contribution in [-0.2, 0) is 14.3 Å². The van der Waals surface area contributed by atoms with Crippen LogP contribution in [0.15, 0.2) is 11.3 Å². The molecule has 0 bridgehead atoms. The molecule has 0 saturated heterocycles. The van der Waals surface area contributed by atoms with Crippen molar-refractivity contribution in [1.82, 2.24) is 0 Å². The Balaban J connectivity index is 4.82. The van der Waals surface area contributed by atoms with E-state index in [-0.39, 0.29) is 18.1 Å². The van der Waals surface area contributed by atoms with Gasteiger partial charge in [-0.1, -0.05) is 13.8 Å². The van der Waals surface area contributed by atoms with Gasteiger partial charge in [-0.2, -0.15) is 0 Å². The molecule has 0 aromatic carbocycles. The summed E-state index contributed by atoms with van der Waals surface area (Å²) in [6, 6.07) is 0. The van der Waals surface area contributed by atoms with Crippen molar-refractivity contribution in [3.8, 4) is 0 Å². The van der Waals surface area contributed by atoms with Gasteiger partial charge < -0.3 is 10.5 Å². The monoisotopic (exact) mass is 199 g/mol. The molecule has 0 rings (SSSR count). The van der Waals surface area contributed by atoms with Crippen LogP contribution in [0.1, 0.15) is 33.6 Å². The third kappa shape index (κ3) is 3.20. The molecule has 0 radical (unpaired) electrons. The molecule has 0 unspecified atom stereocenters. The standard InChI is InChI=1S/C10H17NO3/c1-4-7(8(12)5-2)9(11)10(13)14-6-3/h4-6,11H2,1-3H3. The number of carbonyl (C=O) groups is 2. The summed E-state index contributed by atoms with van der Waals surface area (Å²) < 4.78 is 4.71. The molecular formula is C10H17NO3. The van der Waals surface area contributed by atoms with E-state index < -0.39 is 5.97 Å². The fourth-order valence-electron chi connectivity index (χ4n) is 1.08. The van der Waals surface area contributed by atoms with Gasteiger partial charge in [0.25, 0.3) is 0 Å². The number of ether oxygens (including phenoxy) is 1. The Bertz CT molecular complexity index is 256. The predicted molar refractivity (Wildman–Crippen MR) is 53.4 cm³/mol. The van der Waals surface area contributed by atoms with Gasteiger partial charge >= 0.3 is 5.97 Å². The molecule has 4 nitrogen and oxygen atoms in total. The third-order valence-corrected chi connectivity index (χ3v) is 1.83. The van der Waals surface area contributed by atoms with E-state index in [0.717, 1.165) is 0 Å². The number of allylic oxidation sites excluding steroid dienone is 1. The quantitative estimate of drug-likeness (QED) is 0.532. The van der Waals surface area contributed by atoms with Crippen molar-refractivity contribution < 1.29 is 14.3 Å². The average molecular weight is 199 g/mol. The fourth-order valence-corrected chi connectivity index (χ4v) is 1.08. The number of nitrogens with two attached hydrogens (primary N) is 1. The van der Waals surface area contributed by atoms with Gasteiger partial charge in [-0.3, -0.25) is 4.79 Å². The van der Waals surface area contributed by atoms with Gasteiger partial charge in [-0.25, -0.2) is 4.79 Å². The van der Waals surface area contributed by atoms with E-state index in [2.05, 4.69) is 0 Å². The van der Waals surface area contributed by atoms with Crippen molar-refractivity contribution in [2.75, 3.05) is 6.61 Å². The van der Waals surface area contributed by atoms with E-state index >= 15 is 0 Å². The fraction of sp³-hybridized carbons (Fsp3) is 0.600. The molecule has 0 saturated carbocycles. The minimum absolute atomic E-state index is 0.0544. The summed E-state index contributed by atoms with van der Waals surface area (Å²) in [6.07, 6.45) is 0.806. The second-order valence-corrected chi connectivity index (χ2v) is 2.74. The smallest absolute Gasteiger partial charge is 0.354 e. The Morgan fingerprint density at radius 2 is 1.71 bits per heavy atom. The van der Waals surface area contributed by atoms with Gasteiger partial charge in [0.15, 0.2) is 5.78 Å². The van der Waals surface area contributed by atoms with Gasteiger partial charge in [0.05, 0.1) is 6.61 Å². The van der Waals surface area contributed by atoms with Gasteiger partial charge in [0.2, 0.25) is 0 Å². The molecule has 0 aromatic heterocycles. The first-order valence-corrected chi connectivity index (χ1v) is 4.77. The minimum Gasteiger partial charge on any atom is -0.461 e. The maximum absolute atomic E-state index is 11.3. The van der Waals surface area contributed by atoms with Crippen LogP contribution in [0.3, 0.4) is 0 Å².